The first kappa shape index (κ1) is 32.1. The fraction of sp³-hybridized carbons (Fsp3) is 0.433. The van der Waals surface area contributed by atoms with Crippen molar-refractivity contribution in [3.8, 4) is 0 Å². The molecule has 0 amide bonds. The standard InChI is InChI=1S/C30H28F7N5O4/c1-28(2)45-23-21(13-43-12-17-7-18(29(32,33)34)10-19(8-17)30(35,36)37)44-27(24(23)46-28)42-15-40-22-25(38-14-39-26(22)42)41(3)11-16-5-4-6-20(31)9-16/h4-10,14-15,21,23-24,27H,11-13H2,1-3H3/t21-,23-,24-,27-/m1/s1. The van der Waals surface area contributed by atoms with Gasteiger partial charge >= 0.3 is 12.4 Å². The molecule has 2 aromatic heterocycles. The first-order chi connectivity index (χ1) is 21.6. The van der Waals surface area contributed by atoms with Crippen molar-refractivity contribution >= 4 is 17.0 Å². The molecule has 0 bridgehead atoms. The van der Waals surface area contributed by atoms with E-state index in [9.17, 15) is 30.7 Å². The molecule has 4 atom stereocenters. The number of anilines is 1. The number of fused-ring (bicyclic) bond motifs is 2. The van der Waals surface area contributed by atoms with Crippen LogP contribution in [0.4, 0.5) is 36.6 Å². The van der Waals surface area contributed by atoms with Gasteiger partial charge in [0.2, 0.25) is 0 Å². The third kappa shape index (κ3) is 6.52. The maximum atomic E-state index is 13.7. The second-order valence-corrected chi connectivity index (χ2v) is 11.6. The van der Waals surface area contributed by atoms with Gasteiger partial charge in [-0.1, -0.05) is 12.1 Å². The highest BCUT2D eigenvalue weighted by Gasteiger charge is 2.56. The molecule has 0 radical (unpaired) electrons. The Bertz CT molecular complexity index is 1700. The zero-order valence-electron chi connectivity index (χ0n) is 24.6. The second-order valence-electron chi connectivity index (χ2n) is 11.6. The zero-order chi connectivity index (χ0) is 33.0. The van der Waals surface area contributed by atoms with Crippen LogP contribution in [-0.4, -0.2) is 57.3 Å². The highest BCUT2D eigenvalue weighted by atomic mass is 19.4. The average Bonchev–Trinajstić information content (AvgIpc) is 3.62. The van der Waals surface area contributed by atoms with Crippen LogP contribution >= 0.6 is 0 Å². The fourth-order valence-corrected chi connectivity index (χ4v) is 5.70. The zero-order valence-corrected chi connectivity index (χ0v) is 24.6. The molecule has 46 heavy (non-hydrogen) atoms. The monoisotopic (exact) mass is 655 g/mol. The minimum Gasteiger partial charge on any atom is -0.374 e. The normalized spacial score (nSPS) is 22.8. The summed E-state index contributed by atoms with van der Waals surface area (Å²) in [4.78, 5) is 15.1. The lowest BCUT2D eigenvalue weighted by molar-refractivity contribution is -0.202. The summed E-state index contributed by atoms with van der Waals surface area (Å²) in [5, 5.41) is 0. The van der Waals surface area contributed by atoms with Crippen LogP contribution in [0.3, 0.4) is 0 Å². The van der Waals surface area contributed by atoms with Crippen LogP contribution in [-0.2, 0) is 44.5 Å². The van der Waals surface area contributed by atoms with E-state index in [1.165, 1.54) is 24.8 Å². The SMILES string of the molecule is CN(Cc1cccc(F)c1)c1ncnc2c1ncn2[C@@H]1O[C@H](COCc2cc(C(F)(F)F)cc(C(F)(F)F)c2)[C@H]2OC(C)(C)O[C@H]21. The molecule has 2 aliphatic heterocycles. The number of benzene rings is 2. The summed E-state index contributed by atoms with van der Waals surface area (Å²) in [7, 11) is 1.78. The Balaban J connectivity index is 1.22. The summed E-state index contributed by atoms with van der Waals surface area (Å²) in [6.45, 7) is 2.98. The van der Waals surface area contributed by atoms with Gasteiger partial charge in [-0.05, 0) is 55.3 Å². The summed E-state index contributed by atoms with van der Waals surface area (Å²) in [6.07, 6.45) is -10.1. The Labute approximate surface area is 257 Å². The highest BCUT2D eigenvalue weighted by molar-refractivity contribution is 5.83. The van der Waals surface area contributed by atoms with Gasteiger partial charge in [0.15, 0.2) is 29.0 Å². The lowest BCUT2D eigenvalue weighted by atomic mass is 10.1. The van der Waals surface area contributed by atoms with Gasteiger partial charge in [0.1, 0.15) is 30.5 Å². The van der Waals surface area contributed by atoms with E-state index in [4.69, 9.17) is 18.9 Å². The predicted octanol–water partition coefficient (Wildman–Crippen LogP) is 6.27. The van der Waals surface area contributed by atoms with Gasteiger partial charge in [-0.15, -0.1) is 0 Å². The third-order valence-electron chi connectivity index (χ3n) is 7.61. The summed E-state index contributed by atoms with van der Waals surface area (Å²) in [5.74, 6) is -0.914. The molecule has 9 nitrogen and oxygen atoms in total. The van der Waals surface area contributed by atoms with Crippen LogP contribution in [0.1, 0.15) is 42.3 Å². The van der Waals surface area contributed by atoms with E-state index < -0.39 is 60.4 Å². The topological polar surface area (TPSA) is 83.8 Å². The Morgan fingerprint density at radius 3 is 2.28 bits per heavy atom. The summed E-state index contributed by atoms with van der Waals surface area (Å²) in [6, 6.07) is 7.47. The molecule has 0 aliphatic carbocycles. The van der Waals surface area contributed by atoms with Gasteiger partial charge in [0, 0.05) is 13.6 Å². The van der Waals surface area contributed by atoms with Crippen molar-refractivity contribution in [2.24, 2.45) is 0 Å². The first-order valence-corrected chi connectivity index (χ1v) is 14.1. The molecule has 4 heterocycles. The molecule has 0 unspecified atom stereocenters. The quantitative estimate of drug-likeness (QED) is 0.206. The molecule has 2 fully saturated rings. The second kappa shape index (κ2) is 11.7. The maximum absolute atomic E-state index is 13.7. The third-order valence-corrected chi connectivity index (χ3v) is 7.61. The van der Waals surface area contributed by atoms with Crippen molar-refractivity contribution in [1.29, 1.82) is 0 Å². The molecule has 2 aromatic carbocycles. The lowest BCUT2D eigenvalue weighted by Crippen LogP contribution is -2.33. The average molecular weight is 656 g/mol. The van der Waals surface area contributed by atoms with E-state index in [0.717, 1.165) is 5.56 Å². The van der Waals surface area contributed by atoms with E-state index in [1.807, 2.05) is 0 Å². The van der Waals surface area contributed by atoms with Crippen molar-refractivity contribution in [3.05, 3.63) is 83.2 Å². The Kier molecular flexibility index (Phi) is 8.19. The molecule has 2 aliphatic rings. The summed E-state index contributed by atoms with van der Waals surface area (Å²) < 4.78 is 119. The number of hydrogen-bond acceptors (Lipinski definition) is 8. The van der Waals surface area contributed by atoms with Gasteiger partial charge < -0.3 is 23.8 Å². The van der Waals surface area contributed by atoms with Crippen molar-refractivity contribution in [2.45, 2.75) is 69.7 Å². The van der Waals surface area contributed by atoms with Gasteiger partial charge in [-0.2, -0.15) is 26.3 Å². The van der Waals surface area contributed by atoms with E-state index in [2.05, 4.69) is 15.0 Å². The van der Waals surface area contributed by atoms with E-state index in [1.54, 1.807) is 42.5 Å². The molecule has 0 saturated carbocycles. The molecule has 4 aromatic rings. The number of nitrogens with zero attached hydrogens (tertiary/aromatic N) is 5. The molecule has 0 spiro atoms. The number of halogens is 7. The van der Waals surface area contributed by atoms with Crippen molar-refractivity contribution in [2.75, 3.05) is 18.6 Å². The van der Waals surface area contributed by atoms with Crippen molar-refractivity contribution in [3.63, 3.8) is 0 Å². The fourth-order valence-electron chi connectivity index (χ4n) is 5.70. The highest BCUT2D eigenvalue weighted by Crippen LogP contribution is 2.44. The largest absolute Gasteiger partial charge is 0.416 e. The number of hydrogen-bond donors (Lipinski definition) is 0. The van der Waals surface area contributed by atoms with Crippen LogP contribution in [0.5, 0.6) is 0 Å². The predicted molar refractivity (Wildman–Crippen MR) is 148 cm³/mol. The molecular formula is C30H28F7N5O4. The lowest BCUT2D eigenvalue weighted by Gasteiger charge is -2.25. The molecule has 2 saturated heterocycles. The minimum absolute atomic E-state index is 0.0637. The molecule has 246 valence electrons. The minimum atomic E-state index is -4.98. The van der Waals surface area contributed by atoms with Crippen LogP contribution in [0, 0.1) is 5.82 Å². The van der Waals surface area contributed by atoms with E-state index >= 15 is 0 Å². The Hall–Kier alpha value is -3.86. The van der Waals surface area contributed by atoms with Gasteiger partial charge in [-0.3, -0.25) is 4.57 Å². The van der Waals surface area contributed by atoms with Crippen molar-refractivity contribution in [1.82, 2.24) is 19.5 Å². The maximum Gasteiger partial charge on any atom is 0.416 e. The molecule has 16 heteroatoms. The number of imidazole rings is 1. The van der Waals surface area contributed by atoms with E-state index in [0.29, 0.717) is 35.7 Å². The van der Waals surface area contributed by atoms with Gasteiger partial charge in [-0.25, -0.2) is 19.3 Å². The smallest absolute Gasteiger partial charge is 0.374 e. The van der Waals surface area contributed by atoms with Crippen LogP contribution < -0.4 is 4.90 Å². The Morgan fingerprint density at radius 1 is 0.913 bits per heavy atom. The summed E-state index contributed by atoms with van der Waals surface area (Å²) in [5.41, 5.74) is -1.60. The van der Waals surface area contributed by atoms with Crippen molar-refractivity contribution < 1.29 is 49.7 Å². The van der Waals surface area contributed by atoms with Gasteiger partial charge in [0.25, 0.3) is 0 Å². The number of alkyl halides is 6. The van der Waals surface area contributed by atoms with E-state index in [-0.39, 0.29) is 24.1 Å². The Morgan fingerprint density at radius 2 is 1.61 bits per heavy atom. The number of ether oxygens (including phenoxy) is 4. The van der Waals surface area contributed by atoms with Crippen LogP contribution in [0.15, 0.2) is 55.1 Å². The molecule has 0 N–H and O–H groups in total. The van der Waals surface area contributed by atoms with Crippen LogP contribution in [0.25, 0.3) is 11.2 Å². The van der Waals surface area contributed by atoms with Gasteiger partial charge in [0.05, 0.1) is 30.7 Å². The number of aromatic nitrogens is 4. The van der Waals surface area contributed by atoms with Crippen LogP contribution in [0.2, 0.25) is 0 Å². The summed E-state index contributed by atoms with van der Waals surface area (Å²) >= 11 is 0. The number of rotatable bonds is 8. The first-order valence-electron chi connectivity index (χ1n) is 14.1. The molecule has 6 rings (SSSR count). The molecular weight excluding hydrogens is 627 g/mol.